The van der Waals surface area contributed by atoms with E-state index in [-0.39, 0.29) is 5.41 Å². The van der Waals surface area contributed by atoms with E-state index in [1.807, 2.05) is 6.20 Å². The predicted octanol–water partition coefficient (Wildman–Crippen LogP) is 3.01. The highest BCUT2D eigenvalue weighted by atomic mass is 14.7. The Kier molecular flexibility index (Phi) is 2.60. The first-order valence-electron chi connectivity index (χ1n) is 6.40. The van der Waals surface area contributed by atoms with Gasteiger partial charge in [0.05, 0.1) is 5.69 Å². The van der Waals surface area contributed by atoms with Crippen molar-refractivity contribution in [3.05, 3.63) is 42.2 Å². The number of benzene rings is 1. The van der Waals surface area contributed by atoms with Crippen LogP contribution in [0.25, 0.3) is 10.8 Å². The third-order valence-corrected chi connectivity index (χ3v) is 4.13. The molecule has 1 aromatic carbocycles. The highest BCUT2D eigenvalue weighted by Gasteiger charge is 2.36. The quantitative estimate of drug-likeness (QED) is 0.855. The number of nitrogens with zero attached hydrogens (tertiary/aromatic N) is 1. The molecular formula is C15H18N2. The molecule has 1 aliphatic carbocycles. The molecule has 2 nitrogen and oxygen atoms in total. The molecular weight excluding hydrogens is 208 g/mol. The number of fused-ring (bicyclic) bond motifs is 1. The molecule has 2 N–H and O–H groups in total. The van der Waals surface area contributed by atoms with Crippen molar-refractivity contribution in [3.63, 3.8) is 0 Å². The number of hydrogen-bond acceptors (Lipinski definition) is 2. The molecule has 2 aromatic rings. The zero-order valence-corrected chi connectivity index (χ0v) is 10.0. The molecule has 0 aliphatic heterocycles. The monoisotopic (exact) mass is 226 g/mol. The average Bonchev–Trinajstić information content (AvgIpc) is 2.88. The summed E-state index contributed by atoms with van der Waals surface area (Å²) in [5.74, 6) is 0. The number of aromatic nitrogens is 1. The molecule has 0 bridgehead atoms. The van der Waals surface area contributed by atoms with Crippen molar-refractivity contribution >= 4 is 10.8 Å². The topological polar surface area (TPSA) is 38.9 Å². The van der Waals surface area contributed by atoms with Crippen molar-refractivity contribution in [1.29, 1.82) is 0 Å². The first-order chi connectivity index (χ1) is 8.36. The summed E-state index contributed by atoms with van der Waals surface area (Å²) >= 11 is 0. The largest absolute Gasteiger partial charge is 0.330 e. The summed E-state index contributed by atoms with van der Waals surface area (Å²) in [5, 5.41) is 2.56. The molecule has 1 aromatic heterocycles. The average molecular weight is 226 g/mol. The van der Waals surface area contributed by atoms with Crippen LogP contribution >= 0.6 is 0 Å². The Morgan fingerprint density at radius 2 is 1.88 bits per heavy atom. The normalized spacial score (nSPS) is 18.6. The van der Waals surface area contributed by atoms with E-state index in [4.69, 9.17) is 5.73 Å². The third-order valence-electron chi connectivity index (χ3n) is 4.13. The van der Waals surface area contributed by atoms with Gasteiger partial charge in [0.1, 0.15) is 0 Å². The maximum atomic E-state index is 6.05. The number of nitrogens with two attached hydrogens (primary N) is 1. The van der Waals surface area contributed by atoms with Crippen molar-refractivity contribution in [2.24, 2.45) is 5.73 Å². The van der Waals surface area contributed by atoms with Crippen LogP contribution in [-0.4, -0.2) is 11.5 Å². The molecule has 0 unspecified atom stereocenters. The van der Waals surface area contributed by atoms with Crippen molar-refractivity contribution < 1.29 is 0 Å². The molecule has 1 aliphatic rings. The number of pyridine rings is 1. The Morgan fingerprint density at radius 1 is 1.12 bits per heavy atom. The van der Waals surface area contributed by atoms with Gasteiger partial charge in [-0.1, -0.05) is 37.1 Å². The van der Waals surface area contributed by atoms with E-state index in [0.717, 1.165) is 0 Å². The van der Waals surface area contributed by atoms with E-state index in [0.29, 0.717) is 6.54 Å². The van der Waals surface area contributed by atoms with Gasteiger partial charge in [0.25, 0.3) is 0 Å². The van der Waals surface area contributed by atoms with Gasteiger partial charge in [0, 0.05) is 23.5 Å². The minimum atomic E-state index is 0.126. The lowest BCUT2D eigenvalue weighted by molar-refractivity contribution is 0.444. The molecule has 1 saturated carbocycles. The van der Waals surface area contributed by atoms with Gasteiger partial charge in [0.2, 0.25) is 0 Å². The van der Waals surface area contributed by atoms with Gasteiger partial charge in [-0.15, -0.1) is 0 Å². The Balaban J connectivity index is 2.22. The van der Waals surface area contributed by atoms with Gasteiger partial charge < -0.3 is 5.73 Å². The Labute approximate surface area is 102 Å². The molecule has 0 amide bonds. The first-order valence-corrected chi connectivity index (χ1v) is 6.40. The minimum Gasteiger partial charge on any atom is -0.330 e. The SMILES string of the molecule is NCC1(c2nccc3ccccc23)CCCC1. The van der Waals surface area contributed by atoms with E-state index in [2.05, 4.69) is 35.3 Å². The Morgan fingerprint density at radius 3 is 2.65 bits per heavy atom. The highest BCUT2D eigenvalue weighted by molar-refractivity contribution is 5.85. The van der Waals surface area contributed by atoms with Crippen LogP contribution in [0.2, 0.25) is 0 Å². The molecule has 0 atom stereocenters. The van der Waals surface area contributed by atoms with Crippen molar-refractivity contribution in [2.45, 2.75) is 31.1 Å². The van der Waals surface area contributed by atoms with E-state index in [1.54, 1.807) is 0 Å². The van der Waals surface area contributed by atoms with Crippen LogP contribution in [0.1, 0.15) is 31.4 Å². The Hall–Kier alpha value is -1.41. The summed E-state index contributed by atoms with van der Waals surface area (Å²) in [6, 6.07) is 10.6. The summed E-state index contributed by atoms with van der Waals surface area (Å²) in [6.07, 6.45) is 6.85. The smallest absolute Gasteiger partial charge is 0.0556 e. The fourth-order valence-corrected chi connectivity index (χ4v) is 3.13. The number of rotatable bonds is 2. The van der Waals surface area contributed by atoms with Crippen molar-refractivity contribution in [3.8, 4) is 0 Å². The first kappa shape index (κ1) is 10.7. The fourth-order valence-electron chi connectivity index (χ4n) is 3.13. The van der Waals surface area contributed by atoms with Crippen LogP contribution in [0.4, 0.5) is 0 Å². The molecule has 17 heavy (non-hydrogen) atoms. The van der Waals surface area contributed by atoms with Crippen molar-refractivity contribution in [1.82, 2.24) is 4.98 Å². The van der Waals surface area contributed by atoms with Gasteiger partial charge in [-0.05, 0) is 24.3 Å². The molecule has 1 fully saturated rings. The maximum Gasteiger partial charge on any atom is 0.0556 e. The van der Waals surface area contributed by atoms with Crippen LogP contribution in [0.15, 0.2) is 36.5 Å². The lowest BCUT2D eigenvalue weighted by Gasteiger charge is -2.27. The summed E-state index contributed by atoms with van der Waals surface area (Å²) < 4.78 is 0. The van der Waals surface area contributed by atoms with Crippen LogP contribution in [0, 0.1) is 0 Å². The molecule has 0 spiro atoms. The van der Waals surface area contributed by atoms with Crippen LogP contribution < -0.4 is 5.73 Å². The Bertz CT molecular complexity index is 522. The summed E-state index contributed by atoms with van der Waals surface area (Å²) in [6.45, 7) is 0.716. The van der Waals surface area contributed by atoms with Gasteiger partial charge in [-0.25, -0.2) is 0 Å². The van der Waals surface area contributed by atoms with Crippen molar-refractivity contribution in [2.75, 3.05) is 6.54 Å². The maximum absolute atomic E-state index is 6.05. The molecule has 1 heterocycles. The van der Waals surface area contributed by atoms with E-state index >= 15 is 0 Å². The van der Waals surface area contributed by atoms with Gasteiger partial charge in [-0.3, -0.25) is 4.98 Å². The zero-order valence-electron chi connectivity index (χ0n) is 10.0. The molecule has 88 valence electrons. The van der Waals surface area contributed by atoms with E-state index in [1.165, 1.54) is 42.1 Å². The number of hydrogen-bond donors (Lipinski definition) is 1. The summed E-state index contributed by atoms with van der Waals surface area (Å²) in [5.41, 5.74) is 7.40. The minimum absolute atomic E-state index is 0.126. The van der Waals surface area contributed by atoms with Gasteiger partial charge >= 0.3 is 0 Å². The van der Waals surface area contributed by atoms with Gasteiger partial charge in [0.15, 0.2) is 0 Å². The molecule has 2 heteroatoms. The summed E-state index contributed by atoms with van der Waals surface area (Å²) in [7, 11) is 0. The summed E-state index contributed by atoms with van der Waals surface area (Å²) in [4.78, 5) is 4.65. The van der Waals surface area contributed by atoms with Crippen LogP contribution in [0.3, 0.4) is 0 Å². The fraction of sp³-hybridized carbons (Fsp3) is 0.400. The standard InChI is InChI=1S/C15H18N2/c16-11-15(8-3-4-9-15)14-13-6-2-1-5-12(13)7-10-17-14/h1-2,5-7,10H,3-4,8-9,11,16H2. The second-order valence-corrected chi connectivity index (χ2v) is 5.07. The third kappa shape index (κ3) is 1.64. The lowest BCUT2D eigenvalue weighted by atomic mass is 9.80. The molecule has 0 saturated heterocycles. The van der Waals surface area contributed by atoms with Crippen LogP contribution in [-0.2, 0) is 5.41 Å². The predicted molar refractivity (Wildman–Crippen MR) is 70.9 cm³/mol. The van der Waals surface area contributed by atoms with E-state index in [9.17, 15) is 0 Å². The highest BCUT2D eigenvalue weighted by Crippen LogP contribution is 2.41. The zero-order chi connectivity index (χ0) is 11.7. The second-order valence-electron chi connectivity index (χ2n) is 5.07. The molecule has 0 radical (unpaired) electrons. The van der Waals surface area contributed by atoms with Crippen LogP contribution in [0.5, 0.6) is 0 Å². The lowest BCUT2D eigenvalue weighted by Crippen LogP contribution is -2.33. The van der Waals surface area contributed by atoms with E-state index < -0.39 is 0 Å². The second kappa shape index (κ2) is 4.11. The van der Waals surface area contributed by atoms with Gasteiger partial charge in [-0.2, -0.15) is 0 Å². The molecule has 3 rings (SSSR count).